The van der Waals surface area contributed by atoms with Gasteiger partial charge in [-0.15, -0.1) is 0 Å². The van der Waals surface area contributed by atoms with Crippen molar-refractivity contribution in [2.45, 2.75) is 32.9 Å². The Bertz CT molecular complexity index is 423. The van der Waals surface area contributed by atoms with Crippen LogP contribution < -0.4 is 10.1 Å². The molecule has 1 rings (SSSR count). The Morgan fingerprint density at radius 2 is 2.17 bits per heavy atom. The van der Waals surface area contributed by atoms with Gasteiger partial charge >= 0.3 is 0 Å². The fraction of sp³-hybridized carbons (Fsp3) is 0.462. The van der Waals surface area contributed by atoms with Crippen LogP contribution in [0.2, 0.25) is 5.02 Å². The Kier molecular flexibility index (Phi) is 5.44. The van der Waals surface area contributed by atoms with E-state index in [1.807, 2.05) is 6.92 Å². The second-order valence-corrected chi connectivity index (χ2v) is 4.70. The number of carbonyl (C=O) groups is 1. The zero-order valence-corrected chi connectivity index (χ0v) is 11.5. The van der Waals surface area contributed by atoms with Gasteiger partial charge in [0.2, 0.25) is 0 Å². The largest absolute Gasteiger partial charge is 0.481 e. The highest BCUT2D eigenvalue weighted by molar-refractivity contribution is 6.30. The summed E-state index contributed by atoms with van der Waals surface area (Å²) in [7, 11) is 0. The molecule has 4 nitrogen and oxygen atoms in total. The van der Waals surface area contributed by atoms with Crippen molar-refractivity contribution in [2.24, 2.45) is 0 Å². The van der Waals surface area contributed by atoms with E-state index in [4.69, 9.17) is 21.4 Å². The number of hydrogen-bond acceptors (Lipinski definition) is 3. The third-order valence-corrected chi connectivity index (χ3v) is 2.71. The van der Waals surface area contributed by atoms with E-state index in [0.717, 1.165) is 5.56 Å². The maximum absolute atomic E-state index is 11.7. The van der Waals surface area contributed by atoms with Crippen LogP contribution in [0, 0.1) is 6.92 Å². The first-order valence-electron chi connectivity index (χ1n) is 5.78. The minimum Gasteiger partial charge on any atom is -0.481 e. The normalized spacial score (nSPS) is 13.8. The highest BCUT2D eigenvalue weighted by atomic mass is 35.5. The van der Waals surface area contributed by atoms with Crippen molar-refractivity contribution in [1.82, 2.24) is 5.32 Å². The zero-order valence-electron chi connectivity index (χ0n) is 10.7. The van der Waals surface area contributed by atoms with Crippen molar-refractivity contribution in [3.8, 4) is 5.75 Å². The van der Waals surface area contributed by atoms with Gasteiger partial charge in [0.15, 0.2) is 6.10 Å². The molecule has 0 saturated heterocycles. The van der Waals surface area contributed by atoms with Crippen molar-refractivity contribution in [3.63, 3.8) is 0 Å². The summed E-state index contributed by atoms with van der Waals surface area (Å²) in [6.45, 7) is 5.15. The lowest BCUT2D eigenvalue weighted by Crippen LogP contribution is -2.42. The van der Waals surface area contributed by atoms with Gasteiger partial charge in [-0.3, -0.25) is 4.79 Å². The van der Waals surface area contributed by atoms with E-state index in [1.165, 1.54) is 0 Å². The molecule has 0 aliphatic carbocycles. The molecule has 18 heavy (non-hydrogen) atoms. The lowest BCUT2D eigenvalue weighted by molar-refractivity contribution is -0.128. The molecule has 0 fully saturated rings. The van der Waals surface area contributed by atoms with Crippen LogP contribution in [0.15, 0.2) is 18.2 Å². The standard InChI is InChI=1S/C13H18ClNO3/c1-8-6-11(14)4-5-12(8)18-10(3)13(17)15-9(2)7-16/h4-6,9-10,16H,7H2,1-3H3,(H,15,17). The predicted molar refractivity (Wildman–Crippen MR) is 71.0 cm³/mol. The molecule has 0 heterocycles. The summed E-state index contributed by atoms with van der Waals surface area (Å²) in [5.41, 5.74) is 0.873. The number of ether oxygens (including phenoxy) is 1. The Labute approximate surface area is 112 Å². The molecule has 0 aliphatic rings. The van der Waals surface area contributed by atoms with Crippen LogP contribution in [-0.4, -0.2) is 29.8 Å². The van der Waals surface area contributed by atoms with E-state index in [9.17, 15) is 4.79 Å². The van der Waals surface area contributed by atoms with Crippen LogP contribution in [0.1, 0.15) is 19.4 Å². The maximum Gasteiger partial charge on any atom is 0.261 e. The number of aryl methyl sites for hydroxylation is 1. The van der Waals surface area contributed by atoms with Crippen LogP contribution in [0.3, 0.4) is 0 Å². The average molecular weight is 272 g/mol. The van der Waals surface area contributed by atoms with Gasteiger partial charge in [-0.25, -0.2) is 0 Å². The number of aliphatic hydroxyl groups excluding tert-OH is 1. The van der Waals surface area contributed by atoms with E-state index >= 15 is 0 Å². The topological polar surface area (TPSA) is 58.6 Å². The second kappa shape index (κ2) is 6.61. The fourth-order valence-corrected chi connectivity index (χ4v) is 1.62. The molecule has 0 bridgehead atoms. The molecule has 1 aromatic carbocycles. The molecule has 100 valence electrons. The van der Waals surface area contributed by atoms with Crippen LogP contribution in [0.4, 0.5) is 0 Å². The molecule has 2 N–H and O–H groups in total. The number of benzene rings is 1. The molecule has 0 spiro atoms. The lowest BCUT2D eigenvalue weighted by atomic mass is 10.2. The first-order valence-corrected chi connectivity index (χ1v) is 6.16. The number of halogens is 1. The molecule has 5 heteroatoms. The zero-order chi connectivity index (χ0) is 13.7. The minimum absolute atomic E-state index is 0.0988. The predicted octanol–water partition coefficient (Wildman–Crippen LogP) is 1.91. The van der Waals surface area contributed by atoms with Crippen LogP contribution in [-0.2, 0) is 4.79 Å². The second-order valence-electron chi connectivity index (χ2n) is 4.26. The molecule has 1 amide bonds. The summed E-state index contributed by atoms with van der Waals surface area (Å²) in [6, 6.07) is 4.94. The average Bonchev–Trinajstić information content (AvgIpc) is 2.32. The molecular weight excluding hydrogens is 254 g/mol. The molecule has 0 saturated carbocycles. The number of rotatable bonds is 5. The Morgan fingerprint density at radius 1 is 1.50 bits per heavy atom. The van der Waals surface area contributed by atoms with Crippen molar-refractivity contribution >= 4 is 17.5 Å². The molecule has 2 unspecified atom stereocenters. The van der Waals surface area contributed by atoms with Crippen LogP contribution in [0.5, 0.6) is 5.75 Å². The smallest absolute Gasteiger partial charge is 0.261 e. The van der Waals surface area contributed by atoms with Gasteiger partial charge < -0.3 is 15.2 Å². The Balaban J connectivity index is 2.63. The summed E-state index contributed by atoms with van der Waals surface area (Å²) in [5.74, 6) is 0.365. The number of hydrogen-bond donors (Lipinski definition) is 2. The van der Waals surface area contributed by atoms with E-state index in [2.05, 4.69) is 5.32 Å². The van der Waals surface area contributed by atoms with Gasteiger partial charge in [0.1, 0.15) is 5.75 Å². The van der Waals surface area contributed by atoms with Gasteiger partial charge in [-0.2, -0.15) is 0 Å². The van der Waals surface area contributed by atoms with E-state index in [-0.39, 0.29) is 18.6 Å². The van der Waals surface area contributed by atoms with Crippen molar-refractivity contribution < 1.29 is 14.6 Å². The van der Waals surface area contributed by atoms with Gasteiger partial charge in [-0.1, -0.05) is 11.6 Å². The first kappa shape index (κ1) is 14.8. The third-order valence-electron chi connectivity index (χ3n) is 2.47. The highest BCUT2D eigenvalue weighted by Gasteiger charge is 2.17. The number of nitrogens with one attached hydrogen (secondary N) is 1. The van der Waals surface area contributed by atoms with Gasteiger partial charge in [0, 0.05) is 11.1 Å². The quantitative estimate of drug-likeness (QED) is 0.860. The fourth-order valence-electron chi connectivity index (χ4n) is 1.39. The summed E-state index contributed by atoms with van der Waals surface area (Å²) in [6.07, 6.45) is -0.626. The maximum atomic E-state index is 11.7. The summed E-state index contributed by atoms with van der Waals surface area (Å²) in [5, 5.41) is 12.1. The Hall–Kier alpha value is -1.26. The monoisotopic (exact) mass is 271 g/mol. The minimum atomic E-state index is -0.626. The number of amides is 1. The van der Waals surface area contributed by atoms with Crippen molar-refractivity contribution in [1.29, 1.82) is 0 Å². The van der Waals surface area contributed by atoms with E-state index < -0.39 is 6.10 Å². The Morgan fingerprint density at radius 3 is 2.72 bits per heavy atom. The van der Waals surface area contributed by atoms with Crippen molar-refractivity contribution in [2.75, 3.05) is 6.61 Å². The molecule has 0 aromatic heterocycles. The third kappa shape index (κ3) is 4.20. The van der Waals surface area contributed by atoms with Crippen LogP contribution in [0.25, 0.3) is 0 Å². The lowest BCUT2D eigenvalue weighted by Gasteiger charge is -2.18. The van der Waals surface area contributed by atoms with Gasteiger partial charge in [0.05, 0.1) is 6.61 Å². The van der Waals surface area contributed by atoms with E-state index in [0.29, 0.717) is 10.8 Å². The van der Waals surface area contributed by atoms with Crippen molar-refractivity contribution in [3.05, 3.63) is 28.8 Å². The van der Waals surface area contributed by atoms with E-state index in [1.54, 1.807) is 32.0 Å². The first-order chi connectivity index (χ1) is 8.43. The number of aliphatic hydroxyl groups is 1. The summed E-state index contributed by atoms with van der Waals surface area (Å²) in [4.78, 5) is 11.7. The van der Waals surface area contributed by atoms with Gasteiger partial charge in [-0.05, 0) is 44.5 Å². The molecule has 1 aromatic rings. The summed E-state index contributed by atoms with van der Waals surface area (Å²) < 4.78 is 5.55. The SMILES string of the molecule is Cc1cc(Cl)ccc1OC(C)C(=O)NC(C)CO. The molecule has 0 aliphatic heterocycles. The molecule has 2 atom stereocenters. The van der Waals surface area contributed by atoms with Crippen LogP contribution >= 0.6 is 11.6 Å². The summed E-state index contributed by atoms with van der Waals surface area (Å²) >= 11 is 5.84. The number of carbonyl (C=O) groups excluding carboxylic acids is 1. The van der Waals surface area contributed by atoms with Gasteiger partial charge in [0.25, 0.3) is 5.91 Å². The highest BCUT2D eigenvalue weighted by Crippen LogP contribution is 2.22. The molecule has 0 radical (unpaired) electrons. The molecular formula is C13H18ClNO3.